The van der Waals surface area contributed by atoms with Gasteiger partial charge in [-0.25, -0.2) is 4.79 Å². The molecule has 0 aliphatic carbocycles. The van der Waals surface area contributed by atoms with E-state index in [9.17, 15) is 14.4 Å². The van der Waals surface area contributed by atoms with Crippen LogP contribution in [0.25, 0.3) is 10.9 Å². The van der Waals surface area contributed by atoms with Crippen molar-refractivity contribution in [1.82, 2.24) is 15.6 Å². The average molecular weight is 378 g/mol. The quantitative estimate of drug-likeness (QED) is 0.685. The first-order valence-corrected chi connectivity index (χ1v) is 8.51. The van der Waals surface area contributed by atoms with Gasteiger partial charge < -0.3 is 15.7 Å². The minimum absolute atomic E-state index is 0.109. The van der Waals surface area contributed by atoms with E-state index in [0.717, 1.165) is 0 Å². The van der Waals surface area contributed by atoms with E-state index < -0.39 is 23.8 Å². The van der Waals surface area contributed by atoms with Crippen molar-refractivity contribution in [2.24, 2.45) is 5.92 Å². The van der Waals surface area contributed by atoms with Gasteiger partial charge >= 0.3 is 5.97 Å². The molecule has 3 N–H and O–H groups in total. The molecule has 0 fully saturated rings. The topological polar surface area (TPSA) is 108 Å². The molecule has 0 aliphatic heterocycles. The summed E-state index contributed by atoms with van der Waals surface area (Å²) in [6, 6.07) is 5.59. The van der Waals surface area contributed by atoms with Crippen molar-refractivity contribution in [3.63, 3.8) is 0 Å². The Bertz CT molecular complexity index is 838. The number of halogens is 1. The molecule has 26 heavy (non-hydrogen) atoms. The normalized spacial score (nSPS) is 12.0. The predicted molar refractivity (Wildman–Crippen MR) is 98.1 cm³/mol. The summed E-state index contributed by atoms with van der Waals surface area (Å²) in [6.45, 7) is 3.39. The van der Waals surface area contributed by atoms with Crippen molar-refractivity contribution in [3.05, 3.63) is 41.0 Å². The molecule has 0 aliphatic rings. The maximum atomic E-state index is 12.4. The number of nitrogens with one attached hydrogen (secondary N) is 2. The van der Waals surface area contributed by atoms with Crippen LogP contribution in [0.4, 0.5) is 0 Å². The molecule has 0 bridgehead atoms. The molecule has 1 heterocycles. The second-order valence-electron chi connectivity index (χ2n) is 6.27. The molecule has 0 spiro atoms. The van der Waals surface area contributed by atoms with Crippen LogP contribution in [-0.4, -0.2) is 40.5 Å². The van der Waals surface area contributed by atoms with Gasteiger partial charge in [-0.3, -0.25) is 14.6 Å². The lowest BCUT2D eigenvalue weighted by Crippen LogP contribution is -2.46. The fraction of sp³-hybridized carbons (Fsp3) is 0.333. The highest BCUT2D eigenvalue weighted by molar-refractivity contribution is 6.36. The molecule has 7 nitrogen and oxygen atoms in total. The summed E-state index contributed by atoms with van der Waals surface area (Å²) in [5, 5.41) is 15.1. The molecule has 138 valence electrons. The SMILES string of the molecule is CC(C)C[C@H](NC(=O)CNC(=O)c1ccc(Cl)c2cccnc12)C(=O)O. The fourth-order valence-electron chi connectivity index (χ4n) is 2.52. The van der Waals surface area contributed by atoms with Gasteiger partial charge in [0.05, 0.1) is 22.6 Å². The van der Waals surface area contributed by atoms with Gasteiger partial charge in [0.2, 0.25) is 5.91 Å². The number of hydrogen-bond donors (Lipinski definition) is 3. The average Bonchev–Trinajstić information content (AvgIpc) is 2.59. The van der Waals surface area contributed by atoms with Crippen molar-refractivity contribution >= 4 is 40.3 Å². The van der Waals surface area contributed by atoms with Gasteiger partial charge in [0.25, 0.3) is 5.91 Å². The molecule has 1 atom stereocenters. The van der Waals surface area contributed by atoms with Crippen LogP contribution in [0.15, 0.2) is 30.5 Å². The highest BCUT2D eigenvalue weighted by Crippen LogP contribution is 2.24. The number of carboxylic acid groups (broad SMARTS) is 1. The van der Waals surface area contributed by atoms with Crippen LogP contribution in [0.5, 0.6) is 0 Å². The Morgan fingerprint density at radius 1 is 1.23 bits per heavy atom. The van der Waals surface area contributed by atoms with Gasteiger partial charge in [0.1, 0.15) is 6.04 Å². The zero-order valence-corrected chi connectivity index (χ0v) is 15.2. The number of nitrogens with zero attached hydrogens (tertiary/aromatic N) is 1. The van der Waals surface area contributed by atoms with Gasteiger partial charge in [0, 0.05) is 11.6 Å². The molecule has 2 rings (SSSR count). The Morgan fingerprint density at radius 2 is 1.96 bits per heavy atom. The minimum atomic E-state index is -1.11. The molecule has 2 amide bonds. The van der Waals surface area contributed by atoms with Crippen LogP contribution in [-0.2, 0) is 9.59 Å². The van der Waals surface area contributed by atoms with Gasteiger partial charge in [-0.1, -0.05) is 25.4 Å². The third-order valence-corrected chi connectivity index (χ3v) is 4.04. The molecule has 0 saturated heterocycles. The Labute approximate surface area is 155 Å². The van der Waals surface area contributed by atoms with Crippen LogP contribution < -0.4 is 10.6 Å². The number of amides is 2. The van der Waals surface area contributed by atoms with Crippen LogP contribution in [0.3, 0.4) is 0 Å². The molecule has 2 aromatic rings. The highest BCUT2D eigenvalue weighted by Gasteiger charge is 2.21. The van der Waals surface area contributed by atoms with E-state index in [1.807, 2.05) is 13.8 Å². The summed E-state index contributed by atoms with van der Waals surface area (Å²) in [5.74, 6) is -2.06. The van der Waals surface area contributed by atoms with Crippen molar-refractivity contribution in [2.75, 3.05) is 6.54 Å². The summed E-state index contributed by atoms with van der Waals surface area (Å²) < 4.78 is 0. The third-order valence-electron chi connectivity index (χ3n) is 3.71. The smallest absolute Gasteiger partial charge is 0.326 e. The van der Waals surface area contributed by atoms with Crippen LogP contribution in [0.1, 0.15) is 30.6 Å². The molecular weight excluding hydrogens is 358 g/mol. The van der Waals surface area contributed by atoms with Gasteiger partial charge in [-0.15, -0.1) is 0 Å². The summed E-state index contributed by atoms with van der Waals surface area (Å²) in [5.41, 5.74) is 0.718. The Hall–Kier alpha value is -2.67. The summed E-state index contributed by atoms with van der Waals surface area (Å²) in [4.78, 5) is 39.7. The van der Waals surface area contributed by atoms with E-state index in [4.69, 9.17) is 16.7 Å². The largest absolute Gasteiger partial charge is 0.480 e. The lowest BCUT2D eigenvalue weighted by molar-refractivity contribution is -0.142. The summed E-state index contributed by atoms with van der Waals surface area (Å²) >= 11 is 6.10. The molecule has 1 aromatic carbocycles. The molecule has 0 saturated carbocycles. The van der Waals surface area contributed by atoms with Gasteiger partial charge in [0.15, 0.2) is 0 Å². The first kappa shape index (κ1) is 19.7. The fourth-order valence-corrected chi connectivity index (χ4v) is 2.73. The van der Waals surface area contributed by atoms with Crippen LogP contribution >= 0.6 is 11.6 Å². The van der Waals surface area contributed by atoms with Crippen LogP contribution in [0, 0.1) is 5.92 Å². The minimum Gasteiger partial charge on any atom is -0.480 e. The maximum absolute atomic E-state index is 12.4. The lowest BCUT2D eigenvalue weighted by atomic mass is 10.0. The number of hydrogen-bond acceptors (Lipinski definition) is 4. The van der Waals surface area contributed by atoms with Gasteiger partial charge in [-0.2, -0.15) is 0 Å². The van der Waals surface area contributed by atoms with Crippen molar-refractivity contribution in [1.29, 1.82) is 0 Å². The van der Waals surface area contributed by atoms with Crippen LogP contribution in [0.2, 0.25) is 5.02 Å². The standard InChI is InChI=1S/C18H20ClN3O4/c1-10(2)8-14(18(25)26)22-15(23)9-21-17(24)12-5-6-13(19)11-4-3-7-20-16(11)12/h3-7,10,14H,8-9H2,1-2H3,(H,21,24)(H,22,23)(H,25,26)/t14-/m0/s1. The number of benzene rings is 1. The number of rotatable bonds is 7. The summed E-state index contributed by atoms with van der Waals surface area (Å²) in [6.07, 6.45) is 1.85. The van der Waals surface area contributed by atoms with E-state index in [0.29, 0.717) is 22.3 Å². The molecule has 0 unspecified atom stereocenters. The zero-order valence-electron chi connectivity index (χ0n) is 14.5. The van der Waals surface area contributed by atoms with E-state index in [2.05, 4.69) is 15.6 Å². The van der Waals surface area contributed by atoms with E-state index >= 15 is 0 Å². The first-order chi connectivity index (χ1) is 12.3. The molecule has 0 radical (unpaired) electrons. The van der Waals surface area contributed by atoms with Crippen molar-refractivity contribution < 1.29 is 19.5 Å². The Morgan fingerprint density at radius 3 is 2.62 bits per heavy atom. The molecule has 1 aromatic heterocycles. The van der Waals surface area contributed by atoms with Crippen molar-refractivity contribution in [3.8, 4) is 0 Å². The monoisotopic (exact) mass is 377 g/mol. The predicted octanol–water partition coefficient (Wildman–Crippen LogP) is 2.23. The van der Waals surface area contributed by atoms with Crippen molar-refractivity contribution in [2.45, 2.75) is 26.3 Å². The number of aliphatic carboxylic acids is 1. The number of fused-ring (bicyclic) bond motifs is 1. The maximum Gasteiger partial charge on any atom is 0.326 e. The number of aromatic nitrogens is 1. The molecular formula is C18H20ClN3O4. The number of carbonyl (C=O) groups is 3. The zero-order chi connectivity index (χ0) is 19.3. The van der Waals surface area contributed by atoms with Gasteiger partial charge in [-0.05, 0) is 36.6 Å². The lowest BCUT2D eigenvalue weighted by Gasteiger charge is -2.16. The first-order valence-electron chi connectivity index (χ1n) is 8.13. The Balaban J connectivity index is 2.04. The highest BCUT2D eigenvalue weighted by atomic mass is 35.5. The second kappa shape index (κ2) is 8.62. The second-order valence-corrected chi connectivity index (χ2v) is 6.67. The summed E-state index contributed by atoms with van der Waals surface area (Å²) in [7, 11) is 0. The third kappa shape index (κ3) is 4.92. The number of pyridine rings is 1. The van der Waals surface area contributed by atoms with E-state index in [-0.39, 0.29) is 18.0 Å². The van der Waals surface area contributed by atoms with E-state index in [1.54, 1.807) is 24.4 Å². The number of carbonyl (C=O) groups excluding carboxylic acids is 2. The Kier molecular flexibility index (Phi) is 6.52. The van der Waals surface area contributed by atoms with E-state index in [1.165, 1.54) is 6.07 Å². The molecule has 8 heteroatoms. The number of carboxylic acids is 1.